The number of aryl methyl sites for hydroxylation is 1. The smallest absolute Gasteiger partial charge is 0.265 e. The highest BCUT2D eigenvalue weighted by Crippen LogP contribution is 2.17. The van der Waals surface area contributed by atoms with Gasteiger partial charge in [-0.2, -0.15) is 16.4 Å². The molecule has 0 unspecified atom stereocenters. The molecule has 0 aliphatic heterocycles. The largest absolute Gasteiger partial charge is 0.314 e. The Bertz CT molecular complexity index is 648. The highest BCUT2D eigenvalue weighted by atomic mass is 32.2. The summed E-state index contributed by atoms with van der Waals surface area (Å²) >= 11 is 1.44. The first-order valence-corrected chi connectivity index (χ1v) is 9.21. The van der Waals surface area contributed by atoms with Crippen LogP contribution in [0.3, 0.4) is 0 Å². The van der Waals surface area contributed by atoms with Gasteiger partial charge in [-0.05, 0) is 24.4 Å². The van der Waals surface area contributed by atoms with Crippen LogP contribution in [0.5, 0.6) is 0 Å². The minimum absolute atomic E-state index is 0.186. The fourth-order valence-corrected chi connectivity index (χ4v) is 3.44. The average Bonchev–Trinajstić information content (AvgIpc) is 3.05. The van der Waals surface area contributed by atoms with Crippen molar-refractivity contribution >= 4 is 27.0 Å². The van der Waals surface area contributed by atoms with E-state index in [1.807, 2.05) is 5.38 Å². The van der Waals surface area contributed by atoms with E-state index < -0.39 is 10.0 Å². The Labute approximate surface area is 129 Å². The number of thiophene rings is 1. The van der Waals surface area contributed by atoms with Gasteiger partial charge in [0.2, 0.25) is 0 Å². The Morgan fingerprint density at radius 2 is 2.24 bits per heavy atom. The summed E-state index contributed by atoms with van der Waals surface area (Å²) in [6.07, 6.45) is 3.84. The number of rotatable bonds is 8. The van der Waals surface area contributed by atoms with Gasteiger partial charge in [-0.1, -0.05) is 13.8 Å². The number of hydrogen-bond acceptors (Lipinski definition) is 5. The molecule has 0 saturated carbocycles. The van der Waals surface area contributed by atoms with Crippen molar-refractivity contribution < 1.29 is 8.42 Å². The standard InChI is InChI=1S/C13H20N4O2S2/c1-11(2)14-5-3-6-17-9-13(8-15-17)21(18,19)16-12-4-7-20-10-12/h4,7-11,14,16H,3,5-6H2,1-2H3. The first kappa shape index (κ1) is 16.0. The molecule has 0 bridgehead atoms. The maximum atomic E-state index is 12.2. The normalized spacial score (nSPS) is 12.0. The molecule has 0 fully saturated rings. The summed E-state index contributed by atoms with van der Waals surface area (Å²) in [7, 11) is -3.55. The molecule has 0 aromatic carbocycles. The van der Waals surface area contributed by atoms with E-state index in [2.05, 4.69) is 29.0 Å². The van der Waals surface area contributed by atoms with Gasteiger partial charge in [-0.3, -0.25) is 9.40 Å². The average molecular weight is 328 g/mol. The Morgan fingerprint density at radius 3 is 2.90 bits per heavy atom. The molecular weight excluding hydrogens is 308 g/mol. The van der Waals surface area contributed by atoms with Crippen LogP contribution >= 0.6 is 11.3 Å². The molecular formula is C13H20N4O2S2. The van der Waals surface area contributed by atoms with Crippen molar-refractivity contribution in [1.29, 1.82) is 0 Å². The van der Waals surface area contributed by atoms with Crippen LogP contribution in [0.25, 0.3) is 0 Å². The first-order valence-electron chi connectivity index (χ1n) is 6.78. The van der Waals surface area contributed by atoms with Gasteiger partial charge in [-0.25, -0.2) is 8.42 Å². The fourth-order valence-electron chi connectivity index (χ4n) is 1.77. The quantitative estimate of drug-likeness (QED) is 0.728. The van der Waals surface area contributed by atoms with Gasteiger partial charge in [0.15, 0.2) is 0 Å². The highest BCUT2D eigenvalue weighted by Gasteiger charge is 2.16. The topological polar surface area (TPSA) is 76.0 Å². The van der Waals surface area contributed by atoms with Crippen molar-refractivity contribution in [3.63, 3.8) is 0 Å². The maximum absolute atomic E-state index is 12.2. The van der Waals surface area contributed by atoms with Crippen LogP contribution in [-0.4, -0.2) is 30.8 Å². The predicted octanol–water partition coefficient (Wildman–Crippen LogP) is 2.13. The second-order valence-corrected chi connectivity index (χ2v) is 7.48. The summed E-state index contributed by atoms with van der Waals surface area (Å²) in [6.45, 7) is 5.75. The summed E-state index contributed by atoms with van der Waals surface area (Å²) in [5.74, 6) is 0. The molecule has 0 aliphatic carbocycles. The lowest BCUT2D eigenvalue weighted by molar-refractivity contribution is 0.513. The van der Waals surface area contributed by atoms with Crippen LogP contribution in [0.4, 0.5) is 5.69 Å². The van der Waals surface area contributed by atoms with E-state index in [0.717, 1.165) is 13.0 Å². The molecule has 2 heterocycles. The van der Waals surface area contributed by atoms with Crippen molar-refractivity contribution in [3.05, 3.63) is 29.2 Å². The zero-order valence-electron chi connectivity index (χ0n) is 12.1. The third-order valence-corrected chi connectivity index (χ3v) is 4.83. The molecule has 0 spiro atoms. The van der Waals surface area contributed by atoms with Gasteiger partial charge in [0.1, 0.15) is 4.90 Å². The lowest BCUT2D eigenvalue weighted by atomic mass is 10.3. The van der Waals surface area contributed by atoms with Crippen LogP contribution in [0.15, 0.2) is 34.1 Å². The molecule has 2 rings (SSSR count). The molecule has 0 saturated heterocycles. The monoisotopic (exact) mass is 328 g/mol. The lowest BCUT2D eigenvalue weighted by Crippen LogP contribution is -2.24. The Balaban J connectivity index is 1.92. The zero-order valence-corrected chi connectivity index (χ0v) is 13.7. The number of anilines is 1. The molecule has 2 aromatic rings. The van der Waals surface area contributed by atoms with E-state index in [4.69, 9.17) is 0 Å². The van der Waals surface area contributed by atoms with Crippen molar-refractivity contribution in [3.8, 4) is 0 Å². The summed E-state index contributed by atoms with van der Waals surface area (Å²) in [6, 6.07) is 2.18. The van der Waals surface area contributed by atoms with Crippen LogP contribution in [-0.2, 0) is 16.6 Å². The summed E-state index contributed by atoms with van der Waals surface area (Å²) in [5.41, 5.74) is 0.578. The van der Waals surface area contributed by atoms with Crippen LogP contribution in [0.1, 0.15) is 20.3 Å². The molecule has 2 N–H and O–H groups in total. The Hall–Kier alpha value is -1.38. The maximum Gasteiger partial charge on any atom is 0.265 e. The molecule has 8 heteroatoms. The molecule has 0 radical (unpaired) electrons. The third-order valence-electron chi connectivity index (χ3n) is 2.81. The molecule has 0 amide bonds. The van der Waals surface area contributed by atoms with Gasteiger partial charge in [-0.15, -0.1) is 0 Å². The minimum atomic E-state index is -3.55. The first-order chi connectivity index (χ1) is 9.97. The van der Waals surface area contributed by atoms with Gasteiger partial charge >= 0.3 is 0 Å². The second-order valence-electron chi connectivity index (χ2n) is 5.02. The summed E-state index contributed by atoms with van der Waals surface area (Å²) in [5, 5.41) is 11.0. The number of nitrogens with zero attached hydrogens (tertiary/aromatic N) is 2. The number of sulfonamides is 1. The molecule has 0 atom stereocenters. The van der Waals surface area contributed by atoms with E-state index in [9.17, 15) is 8.42 Å². The summed E-state index contributed by atoms with van der Waals surface area (Å²) < 4.78 is 28.5. The van der Waals surface area contributed by atoms with E-state index in [0.29, 0.717) is 18.3 Å². The van der Waals surface area contributed by atoms with E-state index >= 15 is 0 Å². The van der Waals surface area contributed by atoms with Gasteiger partial charge in [0, 0.05) is 24.2 Å². The number of nitrogens with one attached hydrogen (secondary N) is 2. The minimum Gasteiger partial charge on any atom is -0.314 e. The Kier molecular flexibility index (Phi) is 5.38. The van der Waals surface area contributed by atoms with E-state index in [1.165, 1.54) is 17.5 Å². The van der Waals surface area contributed by atoms with Crippen LogP contribution in [0, 0.1) is 0 Å². The molecule has 0 aliphatic rings. The van der Waals surface area contributed by atoms with Crippen LogP contribution < -0.4 is 10.0 Å². The number of aromatic nitrogens is 2. The molecule has 116 valence electrons. The van der Waals surface area contributed by atoms with Crippen molar-refractivity contribution in [2.24, 2.45) is 0 Å². The van der Waals surface area contributed by atoms with Crippen molar-refractivity contribution in [2.45, 2.75) is 37.8 Å². The Morgan fingerprint density at radius 1 is 1.43 bits per heavy atom. The lowest BCUT2D eigenvalue weighted by Gasteiger charge is -2.07. The van der Waals surface area contributed by atoms with Gasteiger partial charge in [0.25, 0.3) is 10.0 Å². The predicted molar refractivity (Wildman–Crippen MR) is 85.1 cm³/mol. The SMILES string of the molecule is CC(C)NCCCn1cc(S(=O)(=O)Nc2ccsc2)cn1. The second kappa shape index (κ2) is 7.06. The van der Waals surface area contributed by atoms with Crippen LogP contribution in [0.2, 0.25) is 0 Å². The van der Waals surface area contributed by atoms with Crippen molar-refractivity contribution in [2.75, 3.05) is 11.3 Å². The van der Waals surface area contributed by atoms with Crippen molar-refractivity contribution in [1.82, 2.24) is 15.1 Å². The molecule has 6 nitrogen and oxygen atoms in total. The number of hydrogen-bond donors (Lipinski definition) is 2. The van der Waals surface area contributed by atoms with E-state index in [1.54, 1.807) is 22.3 Å². The van der Waals surface area contributed by atoms with E-state index in [-0.39, 0.29) is 4.90 Å². The van der Waals surface area contributed by atoms with Gasteiger partial charge in [0.05, 0.1) is 11.9 Å². The zero-order chi connectivity index (χ0) is 15.3. The highest BCUT2D eigenvalue weighted by molar-refractivity contribution is 7.92. The fraction of sp³-hybridized carbons (Fsp3) is 0.462. The van der Waals surface area contributed by atoms with Gasteiger partial charge < -0.3 is 5.32 Å². The third kappa shape index (κ3) is 4.83. The molecule has 2 aromatic heterocycles. The molecule has 21 heavy (non-hydrogen) atoms. The summed E-state index contributed by atoms with van der Waals surface area (Å²) in [4.78, 5) is 0.186.